The molecule has 0 nitrogen and oxygen atoms in total. The molecular formula is C21H32Hf. The minimum absolute atomic E-state index is 1.25. The van der Waals surface area contributed by atoms with Gasteiger partial charge >= 0.3 is 41.0 Å². The van der Waals surface area contributed by atoms with E-state index in [1.54, 1.807) is 3.26 Å². The summed E-state index contributed by atoms with van der Waals surface area (Å²) in [5, 5.41) is 0. The van der Waals surface area contributed by atoms with Gasteiger partial charge in [0.2, 0.25) is 0 Å². The van der Waals surface area contributed by atoms with Gasteiger partial charge in [-0.2, -0.15) is 47.5 Å². The fourth-order valence-electron chi connectivity index (χ4n) is 1.92. The van der Waals surface area contributed by atoms with E-state index in [0.29, 0.717) is 0 Å². The molecule has 0 unspecified atom stereocenters. The summed E-state index contributed by atoms with van der Waals surface area (Å²) in [6.45, 7) is 8.74. The fourth-order valence-corrected chi connectivity index (χ4v) is 1.92. The molecular weight excluding hydrogens is 431 g/mol. The first kappa shape index (κ1) is 21.4. The first-order valence-electron chi connectivity index (χ1n) is 8.53. The summed E-state index contributed by atoms with van der Waals surface area (Å²) < 4.78 is 1.56. The third kappa shape index (κ3) is 14.4. The summed E-state index contributed by atoms with van der Waals surface area (Å²) >= 11 is 1.27. The molecule has 0 aliphatic rings. The van der Waals surface area contributed by atoms with Crippen molar-refractivity contribution >= 4 is 3.26 Å². The van der Waals surface area contributed by atoms with Crippen molar-refractivity contribution in [2.45, 2.75) is 66.2 Å². The topological polar surface area (TPSA) is 0 Å². The van der Waals surface area contributed by atoms with Crippen LogP contribution in [0.2, 0.25) is 0 Å². The molecule has 0 saturated carbocycles. The third-order valence-corrected chi connectivity index (χ3v) is 3.10. The second-order valence-corrected chi connectivity index (χ2v) is 9.39. The monoisotopic (exact) mass is 464 g/mol. The predicted octanol–water partition coefficient (Wildman–Crippen LogP) is 6.24. The molecule has 0 fully saturated rings. The zero-order valence-corrected chi connectivity index (χ0v) is 18.5. The average molecular weight is 463 g/mol. The van der Waals surface area contributed by atoms with Crippen LogP contribution in [0.15, 0.2) is 48.5 Å². The molecule has 22 heavy (non-hydrogen) atoms. The van der Waals surface area contributed by atoms with Gasteiger partial charge in [0, 0.05) is 0 Å². The Morgan fingerprint density at radius 3 is 1.45 bits per heavy atom. The number of hydrogen-bond acceptors (Lipinski definition) is 0. The van der Waals surface area contributed by atoms with Gasteiger partial charge in [-0.15, -0.1) is 0 Å². The van der Waals surface area contributed by atoms with Crippen molar-refractivity contribution in [3.05, 3.63) is 59.7 Å². The van der Waals surface area contributed by atoms with E-state index >= 15 is 0 Å². The van der Waals surface area contributed by atoms with Gasteiger partial charge in [0.1, 0.15) is 0 Å². The number of hydrogen-bond donors (Lipinski definition) is 0. The van der Waals surface area contributed by atoms with E-state index in [0.717, 1.165) is 0 Å². The van der Waals surface area contributed by atoms with E-state index in [2.05, 4.69) is 76.2 Å². The van der Waals surface area contributed by atoms with Crippen molar-refractivity contribution in [1.29, 1.82) is 0 Å². The maximum absolute atomic E-state index is 2.23. The second kappa shape index (κ2) is 15.3. The van der Waals surface area contributed by atoms with Crippen molar-refractivity contribution in [3.8, 4) is 0 Å². The van der Waals surface area contributed by atoms with Crippen LogP contribution in [-0.4, -0.2) is 3.26 Å². The van der Waals surface area contributed by atoms with Crippen LogP contribution in [0.1, 0.15) is 64.5 Å². The third-order valence-electron chi connectivity index (χ3n) is 3.10. The Labute approximate surface area is 152 Å². The van der Waals surface area contributed by atoms with Crippen molar-refractivity contribution in [2.24, 2.45) is 0 Å². The quantitative estimate of drug-likeness (QED) is 0.352. The Morgan fingerprint density at radius 1 is 0.864 bits per heavy atom. The van der Waals surface area contributed by atoms with Crippen molar-refractivity contribution < 1.29 is 23.9 Å². The van der Waals surface area contributed by atoms with Crippen LogP contribution in [0.25, 0.3) is 0 Å². The summed E-state index contributed by atoms with van der Waals surface area (Å²) in [6.07, 6.45) is 7.75. The van der Waals surface area contributed by atoms with Gasteiger partial charge in [-0.05, 0) is 0 Å². The van der Waals surface area contributed by atoms with Crippen LogP contribution in [0, 0.1) is 0 Å². The molecule has 0 amide bonds. The van der Waals surface area contributed by atoms with Gasteiger partial charge in [-0.25, -0.2) is 12.1 Å². The van der Waals surface area contributed by atoms with Crippen LogP contribution in [-0.2, 0) is 36.7 Å². The maximum atomic E-state index is 2.23. The minimum atomic E-state index is 1.25. The molecule has 0 radical (unpaired) electrons. The van der Waals surface area contributed by atoms with E-state index in [1.165, 1.54) is 73.5 Å². The number of aryl methyl sites for hydroxylation is 2. The summed E-state index contributed by atoms with van der Waals surface area (Å²) in [5.41, 5.74) is 2.97. The zero-order chi connectivity index (χ0) is 16.6. The molecule has 0 aliphatic heterocycles. The van der Waals surface area contributed by atoms with Crippen LogP contribution in [0.4, 0.5) is 0 Å². The van der Waals surface area contributed by atoms with Crippen LogP contribution >= 0.6 is 0 Å². The van der Waals surface area contributed by atoms with Gasteiger partial charge in [-0.1, -0.05) is 52.4 Å². The molecule has 2 aromatic rings. The second-order valence-electron chi connectivity index (χ2n) is 5.79. The molecule has 2 aromatic carbocycles. The first-order chi connectivity index (χ1) is 10.6. The Balaban J connectivity index is 0.000000326. The van der Waals surface area contributed by atoms with E-state index < -0.39 is 0 Å². The standard InChI is InChI=1S/2C9H13.C3H6.Hf/c2*1-2-3-6-9-7-4-5-8-9;1-3-2;/h2*4-5,7-8H,2-3,6H2,1H3;1-2H3;/q2*-1;;+2. The SMILES string of the molecule is CCCCc1cc[cH-]c1.CCCCc1cc[cH-]c1.C[C](C)=[Hf+2]. The molecule has 0 spiro atoms. The molecule has 0 aliphatic carbocycles. The molecule has 0 N–H and O–H groups in total. The summed E-state index contributed by atoms with van der Waals surface area (Å²) in [7, 11) is 0. The molecule has 0 heterocycles. The fraction of sp³-hybridized carbons (Fsp3) is 0.476. The first-order valence-corrected chi connectivity index (χ1v) is 10.3. The van der Waals surface area contributed by atoms with Gasteiger partial charge < -0.3 is 0 Å². The molecule has 0 aromatic heterocycles. The zero-order valence-electron chi connectivity index (χ0n) is 14.9. The number of unbranched alkanes of at least 4 members (excludes halogenated alkanes) is 2. The van der Waals surface area contributed by atoms with Gasteiger partial charge in [0.05, 0.1) is 0 Å². The molecule has 1 heteroatoms. The Kier molecular flexibility index (Phi) is 14.9. The molecule has 0 atom stereocenters. The van der Waals surface area contributed by atoms with Crippen LogP contribution in [0.3, 0.4) is 0 Å². The van der Waals surface area contributed by atoms with Crippen LogP contribution in [0.5, 0.6) is 0 Å². The van der Waals surface area contributed by atoms with Gasteiger partial charge in [-0.3, -0.25) is 0 Å². The van der Waals surface area contributed by atoms with Gasteiger partial charge in [0.15, 0.2) is 0 Å². The average Bonchev–Trinajstić information content (AvgIpc) is 3.16. The predicted molar refractivity (Wildman–Crippen MR) is 97.6 cm³/mol. The van der Waals surface area contributed by atoms with Crippen molar-refractivity contribution in [1.82, 2.24) is 0 Å². The van der Waals surface area contributed by atoms with E-state index in [9.17, 15) is 0 Å². The normalized spacial score (nSPS) is 9.36. The van der Waals surface area contributed by atoms with E-state index in [4.69, 9.17) is 0 Å². The van der Waals surface area contributed by atoms with E-state index in [-0.39, 0.29) is 0 Å². The summed E-state index contributed by atoms with van der Waals surface area (Å²) in [5.74, 6) is 0. The molecule has 0 saturated heterocycles. The molecule has 120 valence electrons. The molecule has 0 bridgehead atoms. The molecule has 2 rings (SSSR count). The summed E-state index contributed by atoms with van der Waals surface area (Å²) in [4.78, 5) is 0. The van der Waals surface area contributed by atoms with Gasteiger partial charge in [0.25, 0.3) is 0 Å². The van der Waals surface area contributed by atoms with Crippen molar-refractivity contribution in [3.63, 3.8) is 0 Å². The van der Waals surface area contributed by atoms with Crippen LogP contribution < -0.4 is 0 Å². The Bertz CT molecular complexity index is 392. The van der Waals surface area contributed by atoms with Crippen molar-refractivity contribution in [2.75, 3.05) is 0 Å². The Hall–Kier alpha value is -0.560. The number of rotatable bonds is 6. The van der Waals surface area contributed by atoms with E-state index in [1.807, 2.05) is 0 Å². The summed E-state index contributed by atoms with van der Waals surface area (Å²) in [6, 6.07) is 17.2. The Morgan fingerprint density at radius 2 is 1.23 bits per heavy atom.